The van der Waals surface area contributed by atoms with Gasteiger partial charge in [0, 0.05) is 13.1 Å². The SMILES string of the molecule is CC(O)C1CCN(S(=O)(=O)c2ccccc2NN)CC1. The minimum atomic E-state index is -3.54. The number of piperidine rings is 1. The normalized spacial score (nSPS) is 19.8. The zero-order chi connectivity index (χ0) is 14.8. The summed E-state index contributed by atoms with van der Waals surface area (Å²) in [6.07, 6.45) is 0.961. The molecule has 6 nitrogen and oxygen atoms in total. The number of benzene rings is 1. The number of hydrogen-bond donors (Lipinski definition) is 3. The summed E-state index contributed by atoms with van der Waals surface area (Å²) in [4.78, 5) is 0.193. The van der Waals surface area contributed by atoms with Gasteiger partial charge in [0.05, 0.1) is 11.8 Å². The van der Waals surface area contributed by atoms with Gasteiger partial charge in [-0.1, -0.05) is 12.1 Å². The molecule has 0 spiro atoms. The Bertz CT molecular complexity index is 552. The Morgan fingerprint density at radius 1 is 1.35 bits per heavy atom. The Hall–Kier alpha value is -1.15. The van der Waals surface area contributed by atoms with Gasteiger partial charge in [-0.15, -0.1) is 0 Å². The zero-order valence-corrected chi connectivity index (χ0v) is 12.3. The van der Waals surface area contributed by atoms with Crippen molar-refractivity contribution in [3.05, 3.63) is 24.3 Å². The summed E-state index contributed by atoms with van der Waals surface area (Å²) < 4.78 is 26.7. The molecule has 2 rings (SSSR count). The van der Waals surface area contributed by atoms with E-state index in [2.05, 4.69) is 5.43 Å². The number of para-hydroxylation sites is 1. The van der Waals surface area contributed by atoms with Gasteiger partial charge < -0.3 is 10.5 Å². The second-order valence-corrected chi connectivity index (χ2v) is 7.03. The molecule has 0 saturated carbocycles. The Labute approximate surface area is 119 Å². The third-order valence-corrected chi connectivity index (χ3v) is 5.80. The first-order chi connectivity index (χ1) is 9.46. The number of rotatable bonds is 4. The quantitative estimate of drug-likeness (QED) is 0.563. The van der Waals surface area contributed by atoms with Crippen LogP contribution in [0.5, 0.6) is 0 Å². The van der Waals surface area contributed by atoms with Gasteiger partial charge in [0.15, 0.2) is 0 Å². The molecule has 1 aromatic rings. The number of hydrogen-bond acceptors (Lipinski definition) is 5. The predicted molar refractivity (Wildman–Crippen MR) is 77.4 cm³/mol. The Morgan fingerprint density at radius 3 is 2.50 bits per heavy atom. The first kappa shape index (κ1) is 15.2. The van der Waals surface area contributed by atoms with E-state index in [9.17, 15) is 13.5 Å². The highest BCUT2D eigenvalue weighted by molar-refractivity contribution is 7.89. The fourth-order valence-electron chi connectivity index (χ4n) is 2.55. The third-order valence-electron chi connectivity index (χ3n) is 3.84. The highest BCUT2D eigenvalue weighted by Gasteiger charge is 2.32. The Morgan fingerprint density at radius 2 is 1.95 bits per heavy atom. The summed E-state index contributed by atoms with van der Waals surface area (Å²) in [6, 6.07) is 6.59. The van der Waals surface area contributed by atoms with E-state index in [0.29, 0.717) is 31.6 Å². The largest absolute Gasteiger partial charge is 0.393 e. The fourth-order valence-corrected chi connectivity index (χ4v) is 4.17. The second kappa shape index (κ2) is 6.09. The lowest BCUT2D eigenvalue weighted by Crippen LogP contribution is -2.40. The number of aliphatic hydroxyl groups excluding tert-OH is 1. The number of sulfonamides is 1. The fraction of sp³-hybridized carbons (Fsp3) is 0.538. The van der Waals surface area contributed by atoms with Crippen molar-refractivity contribution in [3.63, 3.8) is 0 Å². The molecule has 1 atom stereocenters. The van der Waals surface area contributed by atoms with E-state index in [1.807, 2.05) is 0 Å². The lowest BCUT2D eigenvalue weighted by atomic mass is 9.93. The highest BCUT2D eigenvalue weighted by Crippen LogP contribution is 2.28. The molecule has 1 aliphatic heterocycles. The van der Waals surface area contributed by atoms with E-state index in [0.717, 1.165) is 0 Å². The van der Waals surface area contributed by atoms with Crippen molar-refractivity contribution in [3.8, 4) is 0 Å². The monoisotopic (exact) mass is 299 g/mol. The first-order valence-electron chi connectivity index (χ1n) is 6.70. The molecule has 1 unspecified atom stereocenters. The van der Waals surface area contributed by atoms with E-state index in [-0.39, 0.29) is 10.8 Å². The molecule has 20 heavy (non-hydrogen) atoms. The van der Waals surface area contributed by atoms with Gasteiger partial charge in [0.1, 0.15) is 4.90 Å². The lowest BCUT2D eigenvalue weighted by molar-refractivity contribution is 0.0912. The van der Waals surface area contributed by atoms with Crippen molar-refractivity contribution in [2.24, 2.45) is 11.8 Å². The molecule has 0 aromatic heterocycles. The number of hydrazine groups is 1. The van der Waals surface area contributed by atoms with E-state index in [4.69, 9.17) is 5.84 Å². The summed E-state index contributed by atoms with van der Waals surface area (Å²) in [5, 5.41) is 9.57. The molecule has 1 heterocycles. The number of anilines is 1. The smallest absolute Gasteiger partial charge is 0.245 e. The summed E-state index contributed by atoms with van der Waals surface area (Å²) >= 11 is 0. The third kappa shape index (κ3) is 2.95. The maximum atomic E-state index is 12.6. The van der Waals surface area contributed by atoms with Gasteiger partial charge in [-0.2, -0.15) is 4.31 Å². The average Bonchev–Trinajstić information content (AvgIpc) is 2.47. The number of nitrogens with two attached hydrogens (primary N) is 1. The van der Waals surface area contributed by atoms with Gasteiger partial charge in [-0.05, 0) is 37.8 Å². The number of aliphatic hydroxyl groups is 1. The van der Waals surface area contributed by atoms with Gasteiger partial charge >= 0.3 is 0 Å². The summed E-state index contributed by atoms with van der Waals surface area (Å²) in [5.41, 5.74) is 2.82. The van der Waals surface area contributed by atoms with Crippen molar-refractivity contribution >= 4 is 15.7 Å². The molecule has 1 aromatic carbocycles. The maximum absolute atomic E-state index is 12.6. The van der Waals surface area contributed by atoms with Crippen LogP contribution in [0.4, 0.5) is 5.69 Å². The average molecular weight is 299 g/mol. The molecular weight excluding hydrogens is 278 g/mol. The van der Waals surface area contributed by atoms with Crippen LogP contribution in [0.3, 0.4) is 0 Å². The Kier molecular flexibility index (Phi) is 4.64. The first-order valence-corrected chi connectivity index (χ1v) is 8.14. The molecule has 0 radical (unpaired) electrons. The molecule has 1 saturated heterocycles. The molecule has 112 valence electrons. The topological polar surface area (TPSA) is 95.7 Å². The van der Waals surface area contributed by atoms with Crippen LogP contribution < -0.4 is 11.3 Å². The molecule has 4 N–H and O–H groups in total. The van der Waals surface area contributed by atoms with Gasteiger partial charge in [0.2, 0.25) is 10.0 Å². The minimum Gasteiger partial charge on any atom is -0.393 e. The van der Waals surface area contributed by atoms with Crippen molar-refractivity contribution < 1.29 is 13.5 Å². The summed E-state index contributed by atoms with van der Waals surface area (Å²) in [5.74, 6) is 5.54. The maximum Gasteiger partial charge on any atom is 0.245 e. The van der Waals surface area contributed by atoms with Crippen LogP contribution in [0.15, 0.2) is 29.2 Å². The van der Waals surface area contributed by atoms with E-state index < -0.39 is 16.1 Å². The molecule has 1 aliphatic rings. The van der Waals surface area contributed by atoms with Crippen LogP contribution >= 0.6 is 0 Å². The van der Waals surface area contributed by atoms with Crippen LogP contribution in [0, 0.1) is 5.92 Å². The van der Waals surface area contributed by atoms with Crippen molar-refractivity contribution in [1.29, 1.82) is 0 Å². The second-order valence-electron chi connectivity index (χ2n) is 5.12. The lowest BCUT2D eigenvalue weighted by Gasteiger charge is -2.32. The van der Waals surface area contributed by atoms with Crippen LogP contribution in [-0.2, 0) is 10.0 Å². The predicted octanol–water partition coefficient (Wildman–Crippen LogP) is 0.754. The molecular formula is C13H21N3O3S. The van der Waals surface area contributed by atoms with Gasteiger partial charge in [0.25, 0.3) is 0 Å². The van der Waals surface area contributed by atoms with E-state index in [1.165, 1.54) is 4.31 Å². The Balaban J connectivity index is 2.20. The van der Waals surface area contributed by atoms with Crippen molar-refractivity contribution in [2.75, 3.05) is 18.5 Å². The van der Waals surface area contributed by atoms with E-state index >= 15 is 0 Å². The molecule has 0 amide bonds. The molecule has 0 aliphatic carbocycles. The molecule has 1 fully saturated rings. The standard InChI is InChI=1S/C13H21N3O3S/c1-10(17)11-6-8-16(9-7-11)20(18,19)13-5-3-2-4-12(13)15-14/h2-5,10-11,15,17H,6-9,14H2,1H3. The van der Waals surface area contributed by atoms with Gasteiger partial charge in [-0.3, -0.25) is 5.84 Å². The van der Waals surface area contributed by atoms with E-state index in [1.54, 1.807) is 31.2 Å². The molecule has 7 heteroatoms. The van der Waals surface area contributed by atoms with Crippen LogP contribution in [0.2, 0.25) is 0 Å². The number of nitrogen functional groups attached to an aromatic ring is 1. The summed E-state index contributed by atoms with van der Waals surface area (Å²) in [7, 11) is -3.54. The van der Waals surface area contributed by atoms with Crippen LogP contribution in [0.1, 0.15) is 19.8 Å². The zero-order valence-electron chi connectivity index (χ0n) is 11.5. The summed E-state index contributed by atoms with van der Waals surface area (Å²) in [6.45, 7) is 2.61. The number of nitrogens with one attached hydrogen (secondary N) is 1. The van der Waals surface area contributed by atoms with Crippen LogP contribution in [0.25, 0.3) is 0 Å². The van der Waals surface area contributed by atoms with Crippen LogP contribution in [-0.4, -0.2) is 37.0 Å². The van der Waals surface area contributed by atoms with Crippen molar-refractivity contribution in [2.45, 2.75) is 30.8 Å². The van der Waals surface area contributed by atoms with Crippen molar-refractivity contribution in [1.82, 2.24) is 4.31 Å². The molecule has 0 bridgehead atoms. The number of nitrogens with zero attached hydrogens (tertiary/aromatic N) is 1. The van der Waals surface area contributed by atoms with Gasteiger partial charge in [-0.25, -0.2) is 8.42 Å². The highest BCUT2D eigenvalue weighted by atomic mass is 32.2. The minimum absolute atomic E-state index is 0.171.